The number of rotatable bonds is 2. The fourth-order valence-electron chi connectivity index (χ4n) is 1.25. The van der Waals surface area contributed by atoms with Crippen LogP contribution < -0.4 is 0 Å². The third kappa shape index (κ3) is 1.63. The molecule has 2 aromatic rings. The van der Waals surface area contributed by atoms with Crippen LogP contribution in [0.25, 0.3) is 0 Å². The van der Waals surface area contributed by atoms with E-state index < -0.39 is 6.10 Å². The molecule has 0 spiro atoms. The molecule has 0 aliphatic rings. The molecule has 1 aromatic heterocycles. The zero-order valence-electron chi connectivity index (χ0n) is 7.05. The van der Waals surface area contributed by atoms with Crippen molar-refractivity contribution in [2.24, 2.45) is 0 Å². The van der Waals surface area contributed by atoms with Gasteiger partial charge in [-0.3, -0.25) is 0 Å². The maximum absolute atomic E-state index is 9.79. The number of hydrogen-bond donors (Lipinski definition) is 1. The van der Waals surface area contributed by atoms with Gasteiger partial charge >= 0.3 is 0 Å². The molecule has 1 atom stereocenters. The molecule has 13 heavy (non-hydrogen) atoms. The van der Waals surface area contributed by atoms with Crippen molar-refractivity contribution in [1.29, 1.82) is 0 Å². The van der Waals surface area contributed by atoms with E-state index >= 15 is 0 Å². The molecule has 1 N–H and O–H groups in total. The molecule has 0 fully saturated rings. The average Bonchev–Trinajstić information content (AvgIpc) is 2.71. The van der Waals surface area contributed by atoms with Crippen LogP contribution in [0, 0.1) is 0 Å². The smallest absolute Gasteiger partial charge is 0.137 e. The molecule has 1 aromatic carbocycles. The van der Waals surface area contributed by atoms with Gasteiger partial charge in [0.2, 0.25) is 0 Å². The van der Waals surface area contributed by atoms with Crippen LogP contribution in [0.15, 0.2) is 53.1 Å². The first-order chi connectivity index (χ1) is 6.38. The molecule has 2 nitrogen and oxygen atoms in total. The predicted octanol–water partition coefficient (Wildman–Crippen LogP) is 2.36. The van der Waals surface area contributed by atoms with E-state index in [0.717, 1.165) is 5.56 Å². The Kier molecular flexibility index (Phi) is 2.15. The molecule has 2 rings (SSSR count). The first kappa shape index (κ1) is 8.08. The van der Waals surface area contributed by atoms with E-state index in [2.05, 4.69) is 0 Å². The summed E-state index contributed by atoms with van der Waals surface area (Å²) in [5.74, 6) is 0.575. The SMILES string of the molecule is OC(c1ccccc1)c1ccco1. The van der Waals surface area contributed by atoms with E-state index in [1.165, 1.54) is 0 Å². The molecule has 0 amide bonds. The third-order valence-electron chi connectivity index (χ3n) is 1.93. The second-order valence-electron chi connectivity index (χ2n) is 2.83. The number of benzene rings is 1. The second-order valence-corrected chi connectivity index (χ2v) is 2.83. The zero-order valence-corrected chi connectivity index (χ0v) is 7.05. The number of aliphatic hydroxyl groups excluding tert-OH is 1. The Hall–Kier alpha value is -1.54. The number of furan rings is 1. The molecule has 1 heterocycles. The quantitative estimate of drug-likeness (QED) is 0.758. The monoisotopic (exact) mass is 174 g/mol. The maximum Gasteiger partial charge on any atom is 0.137 e. The molecule has 0 aliphatic heterocycles. The summed E-state index contributed by atoms with van der Waals surface area (Å²) in [5.41, 5.74) is 0.845. The highest BCUT2D eigenvalue weighted by Crippen LogP contribution is 2.21. The largest absolute Gasteiger partial charge is 0.466 e. The molecule has 0 saturated heterocycles. The van der Waals surface area contributed by atoms with Crippen molar-refractivity contribution in [3.8, 4) is 0 Å². The Balaban J connectivity index is 2.29. The van der Waals surface area contributed by atoms with Gasteiger partial charge in [0.1, 0.15) is 11.9 Å². The van der Waals surface area contributed by atoms with E-state index in [4.69, 9.17) is 4.42 Å². The lowest BCUT2D eigenvalue weighted by Crippen LogP contribution is -1.96. The van der Waals surface area contributed by atoms with E-state index in [9.17, 15) is 5.11 Å². The van der Waals surface area contributed by atoms with E-state index in [0.29, 0.717) is 5.76 Å². The second kappa shape index (κ2) is 3.46. The summed E-state index contributed by atoms with van der Waals surface area (Å²) < 4.78 is 5.10. The zero-order chi connectivity index (χ0) is 9.10. The van der Waals surface area contributed by atoms with Crippen LogP contribution in [-0.2, 0) is 0 Å². The predicted molar refractivity (Wildman–Crippen MR) is 49.2 cm³/mol. The molecule has 0 radical (unpaired) electrons. The standard InChI is InChI=1S/C11H10O2/c12-11(10-7-4-8-13-10)9-5-2-1-3-6-9/h1-8,11-12H. The maximum atomic E-state index is 9.79. The van der Waals surface area contributed by atoms with Crippen LogP contribution in [0.5, 0.6) is 0 Å². The average molecular weight is 174 g/mol. The Morgan fingerprint density at radius 2 is 1.77 bits per heavy atom. The summed E-state index contributed by atoms with van der Waals surface area (Å²) in [6, 6.07) is 13.0. The minimum atomic E-state index is -0.656. The Morgan fingerprint density at radius 1 is 1.00 bits per heavy atom. The lowest BCUT2D eigenvalue weighted by atomic mass is 10.1. The summed E-state index contributed by atoms with van der Waals surface area (Å²) in [6.07, 6.45) is 0.901. The van der Waals surface area contributed by atoms with Gasteiger partial charge in [0.15, 0.2) is 0 Å². The van der Waals surface area contributed by atoms with Gasteiger partial charge in [-0.2, -0.15) is 0 Å². The van der Waals surface area contributed by atoms with Gasteiger partial charge in [-0.25, -0.2) is 0 Å². The van der Waals surface area contributed by atoms with Crippen molar-refractivity contribution in [1.82, 2.24) is 0 Å². The summed E-state index contributed by atoms with van der Waals surface area (Å²) in [6.45, 7) is 0. The highest BCUT2D eigenvalue weighted by Gasteiger charge is 2.11. The van der Waals surface area contributed by atoms with E-state index in [1.807, 2.05) is 30.3 Å². The van der Waals surface area contributed by atoms with Crippen LogP contribution in [0.1, 0.15) is 17.4 Å². The van der Waals surface area contributed by atoms with Crippen LogP contribution in [0.3, 0.4) is 0 Å². The third-order valence-corrected chi connectivity index (χ3v) is 1.93. The highest BCUT2D eigenvalue weighted by molar-refractivity contribution is 5.23. The van der Waals surface area contributed by atoms with E-state index in [-0.39, 0.29) is 0 Å². The van der Waals surface area contributed by atoms with Crippen molar-refractivity contribution in [3.63, 3.8) is 0 Å². The van der Waals surface area contributed by atoms with Gasteiger partial charge in [-0.05, 0) is 17.7 Å². The first-order valence-corrected chi connectivity index (χ1v) is 4.14. The lowest BCUT2D eigenvalue weighted by molar-refractivity contribution is 0.189. The van der Waals surface area contributed by atoms with Crippen molar-refractivity contribution in [2.45, 2.75) is 6.10 Å². The summed E-state index contributed by atoms with van der Waals surface area (Å²) >= 11 is 0. The fraction of sp³-hybridized carbons (Fsp3) is 0.0909. The van der Waals surface area contributed by atoms with Crippen LogP contribution in [0.4, 0.5) is 0 Å². The molecule has 2 heteroatoms. The van der Waals surface area contributed by atoms with Gasteiger partial charge in [-0.15, -0.1) is 0 Å². The Morgan fingerprint density at radius 3 is 2.38 bits per heavy atom. The lowest BCUT2D eigenvalue weighted by Gasteiger charge is -2.06. The molecule has 0 bridgehead atoms. The number of aliphatic hydroxyl groups is 1. The number of hydrogen-bond acceptors (Lipinski definition) is 2. The molecular formula is C11H10O2. The molecule has 0 saturated carbocycles. The summed E-state index contributed by atoms with van der Waals surface area (Å²) in [5, 5.41) is 9.79. The van der Waals surface area contributed by atoms with Crippen molar-refractivity contribution in [3.05, 3.63) is 60.1 Å². The summed E-state index contributed by atoms with van der Waals surface area (Å²) in [4.78, 5) is 0. The minimum Gasteiger partial charge on any atom is -0.466 e. The van der Waals surface area contributed by atoms with E-state index in [1.54, 1.807) is 18.4 Å². The van der Waals surface area contributed by atoms with Crippen LogP contribution in [-0.4, -0.2) is 5.11 Å². The van der Waals surface area contributed by atoms with Gasteiger partial charge < -0.3 is 9.52 Å². The summed E-state index contributed by atoms with van der Waals surface area (Å²) in [7, 11) is 0. The van der Waals surface area contributed by atoms with Gasteiger partial charge in [-0.1, -0.05) is 30.3 Å². The first-order valence-electron chi connectivity index (χ1n) is 4.14. The van der Waals surface area contributed by atoms with Crippen molar-refractivity contribution >= 4 is 0 Å². The Labute approximate surface area is 76.4 Å². The normalized spacial score (nSPS) is 12.7. The Bertz CT molecular complexity index is 351. The van der Waals surface area contributed by atoms with Crippen LogP contribution >= 0.6 is 0 Å². The molecule has 0 aliphatic carbocycles. The minimum absolute atomic E-state index is 0.575. The molecule has 66 valence electrons. The van der Waals surface area contributed by atoms with Gasteiger partial charge in [0.05, 0.1) is 6.26 Å². The highest BCUT2D eigenvalue weighted by atomic mass is 16.4. The topological polar surface area (TPSA) is 33.4 Å². The molecule has 1 unspecified atom stereocenters. The van der Waals surface area contributed by atoms with Crippen molar-refractivity contribution < 1.29 is 9.52 Å². The molecular weight excluding hydrogens is 164 g/mol. The fourth-order valence-corrected chi connectivity index (χ4v) is 1.25. The van der Waals surface area contributed by atoms with Gasteiger partial charge in [0, 0.05) is 0 Å². The van der Waals surface area contributed by atoms with Crippen LogP contribution in [0.2, 0.25) is 0 Å². The van der Waals surface area contributed by atoms with Crippen molar-refractivity contribution in [2.75, 3.05) is 0 Å². The van der Waals surface area contributed by atoms with Gasteiger partial charge in [0.25, 0.3) is 0 Å².